The Labute approximate surface area is 376 Å². The molecule has 0 spiro atoms. The molecule has 0 rings (SSSR count). The summed E-state index contributed by atoms with van der Waals surface area (Å²) in [6.07, 6.45) is 71.7. The van der Waals surface area contributed by atoms with Gasteiger partial charge in [-0.1, -0.05) is 310 Å². The Balaban J connectivity index is 4.08. The maximum absolute atomic E-state index is 14.1. The number of unbranched alkanes of at least 4 members (excludes halogenated alkanes) is 48. The third-order valence-electron chi connectivity index (χ3n) is 14.0. The molecule has 356 valence electrons. The fourth-order valence-corrected chi connectivity index (χ4v) is 9.71. The van der Waals surface area contributed by atoms with Gasteiger partial charge in [-0.15, -0.1) is 0 Å². The van der Waals surface area contributed by atoms with E-state index in [1.165, 1.54) is 308 Å². The molecule has 0 heterocycles. The van der Waals surface area contributed by atoms with E-state index in [2.05, 4.69) is 20.8 Å². The summed E-state index contributed by atoms with van der Waals surface area (Å²) in [6, 6.07) is 0. The smallest absolute Gasteiger partial charge is 0.0783 e. The minimum absolute atomic E-state index is 0.121. The predicted octanol–water partition coefficient (Wildman–Crippen LogP) is 21.3. The highest BCUT2D eigenvalue weighted by Gasteiger charge is 2.16. The van der Waals surface area contributed by atoms with Gasteiger partial charge < -0.3 is 9.85 Å². The van der Waals surface area contributed by atoms with Gasteiger partial charge in [-0.05, 0) is 38.5 Å². The van der Waals surface area contributed by atoms with Crippen molar-refractivity contribution in [1.82, 2.24) is 0 Å². The Morgan fingerprint density at radius 1 is 0.169 bits per heavy atom. The van der Waals surface area contributed by atoms with Crippen LogP contribution in [0.1, 0.15) is 348 Å². The number of hydroxylamine groups is 3. The van der Waals surface area contributed by atoms with Gasteiger partial charge in [0.25, 0.3) is 0 Å². The van der Waals surface area contributed by atoms with E-state index in [4.69, 9.17) is 0 Å². The van der Waals surface area contributed by atoms with Crippen LogP contribution in [0.15, 0.2) is 0 Å². The summed E-state index contributed by atoms with van der Waals surface area (Å²) in [5, 5.41) is 14.1. The molecule has 0 aromatic carbocycles. The zero-order chi connectivity index (χ0) is 42.7. The first-order valence-electron chi connectivity index (χ1n) is 28.8. The summed E-state index contributed by atoms with van der Waals surface area (Å²) < 4.78 is 0.121. The molecule has 0 saturated heterocycles. The first-order chi connectivity index (χ1) is 29.2. The number of hydrogen-bond acceptors (Lipinski definition) is 1. The van der Waals surface area contributed by atoms with Gasteiger partial charge in [0.15, 0.2) is 0 Å². The topological polar surface area (TPSA) is 23.1 Å². The summed E-state index contributed by atoms with van der Waals surface area (Å²) in [5.74, 6) is 0. The molecule has 0 unspecified atom stereocenters. The van der Waals surface area contributed by atoms with Crippen molar-refractivity contribution < 1.29 is 4.65 Å². The van der Waals surface area contributed by atoms with Crippen molar-refractivity contribution in [2.45, 2.75) is 348 Å². The van der Waals surface area contributed by atoms with Crippen LogP contribution in [0, 0.1) is 5.21 Å². The second-order valence-corrected chi connectivity index (χ2v) is 20.2. The Morgan fingerprint density at radius 2 is 0.271 bits per heavy atom. The molecule has 0 amide bonds. The van der Waals surface area contributed by atoms with Crippen LogP contribution < -0.4 is 0 Å². The Hall–Kier alpha value is -0.0800. The van der Waals surface area contributed by atoms with Crippen LogP contribution in [0.25, 0.3) is 0 Å². The molecule has 2 heteroatoms. The number of rotatable bonds is 54. The summed E-state index contributed by atoms with van der Waals surface area (Å²) in [5.41, 5.74) is 0. The molecule has 0 atom stereocenters. The standard InChI is InChI=1S/C57H117NO/c1-4-7-10-13-16-19-22-25-28-31-34-37-40-43-46-49-52-55-58(59,56-53-50-47-44-41-38-35-32-29-26-23-20-17-14-11-8-5-2)57-54-51-48-45-42-39-36-33-30-27-24-21-18-15-12-9-6-3/h4-57H2,1-3H3. The lowest BCUT2D eigenvalue weighted by Gasteiger charge is -2.43. The molecular formula is C57H117NO. The fraction of sp³-hybridized carbons (Fsp3) is 1.00. The number of quaternary nitrogens is 1. The normalized spacial score (nSPS) is 12.0. The molecule has 0 bridgehead atoms. The van der Waals surface area contributed by atoms with E-state index in [1.54, 1.807) is 0 Å². The molecule has 0 aliphatic carbocycles. The lowest BCUT2D eigenvalue weighted by atomic mass is 10.0. The van der Waals surface area contributed by atoms with E-state index in [9.17, 15) is 5.21 Å². The van der Waals surface area contributed by atoms with E-state index >= 15 is 0 Å². The van der Waals surface area contributed by atoms with Gasteiger partial charge >= 0.3 is 0 Å². The second-order valence-electron chi connectivity index (χ2n) is 20.2. The molecule has 0 aliphatic rings. The van der Waals surface area contributed by atoms with Crippen molar-refractivity contribution in [1.29, 1.82) is 0 Å². The third-order valence-corrected chi connectivity index (χ3v) is 14.0. The molecule has 0 aliphatic heterocycles. The average Bonchev–Trinajstić information content (AvgIpc) is 3.24. The third kappa shape index (κ3) is 50.4. The first-order valence-corrected chi connectivity index (χ1v) is 28.8. The highest BCUT2D eigenvalue weighted by Crippen LogP contribution is 2.20. The van der Waals surface area contributed by atoms with Crippen LogP contribution >= 0.6 is 0 Å². The van der Waals surface area contributed by atoms with Gasteiger partial charge in [-0.2, -0.15) is 0 Å². The molecule has 0 aromatic rings. The van der Waals surface area contributed by atoms with Crippen molar-refractivity contribution in [2.24, 2.45) is 0 Å². The SMILES string of the molecule is CCCCCCCCCCCCCCCCCCC[N+]([O-])(CCCCCCCCCCCCCCCCCCC)CCCCCCCCCCCCCCCCCCC. The fourth-order valence-electron chi connectivity index (χ4n) is 9.71. The average molecular weight is 833 g/mol. The van der Waals surface area contributed by atoms with E-state index in [1.807, 2.05) is 0 Å². The van der Waals surface area contributed by atoms with E-state index < -0.39 is 0 Å². The zero-order valence-corrected chi connectivity index (χ0v) is 42.0. The van der Waals surface area contributed by atoms with Crippen LogP contribution in [0.3, 0.4) is 0 Å². The van der Waals surface area contributed by atoms with E-state index in [0.29, 0.717) is 0 Å². The van der Waals surface area contributed by atoms with Gasteiger partial charge in [0.2, 0.25) is 0 Å². The second kappa shape index (κ2) is 52.3. The highest BCUT2D eigenvalue weighted by atomic mass is 16.5. The van der Waals surface area contributed by atoms with Crippen molar-refractivity contribution in [2.75, 3.05) is 19.6 Å². The van der Waals surface area contributed by atoms with Crippen LogP contribution in [0.4, 0.5) is 0 Å². The van der Waals surface area contributed by atoms with Gasteiger partial charge in [0, 0.05) is 0 Å². The monoisotopic (exact) mass is 832 g/mol. The highest BCUT2D eigenvalue weighted by molar-refractivity contribution is 4.56. The van der Waals surface area contributed by atoms with Gasteiger partial charge in [-0.3, -0.25) is 0 Å². The molecule has 59 heavy (non-hydrogen) atoms. The summed E-state index contributed by atoms with van der Waals surface area (Å²) in [6.45, 7) is 9.58. The molecule has 0 saturated carbocycles. The summed E-state index contributed by atoms with van der Waals surface area (Å²) in [7, 11) is 0. The Kier molecular flexibility index (Phi) is 52.2. The van der Waals surface area contributed by atoms with E-state index in [-0.39, 0.29) is 4.65 Å². The molecule has 0 N–H and O–H groups in total. The minimum Gasteiger partial charge on any atom is -0.633 e. The van der Waals surface area contributed by atoms with Crippen molar-refractivity contribution >= 4 is 0 Å². The van der Waals surface area contributed by atoms with E-state index in [0.717, 1.165) is 38.9 Å². The van der Waals surface area contributed by atoms with Gasteiger partial charge in [-0.25, -0.2) is 0 Å². The summed E-state index contributed by atoms with van der Waals surface area (Å²) in [4.78, 5) is 0. The minimum atomic E-state index is 0.121. The molecule has 0 aromatic heterocycles. The van der Waals surface area contributed by atoms with Gasteiger partial charge in [0.05, 0.1) is 19.6 Å². The van der Waals surface area contributed by atoms with Crippen LogP contribution in [-0.4, -0.2) is 24.3 Å². The Bertz CT molecular complexity index is 628. The molecule has 0 radical (unpaired) electrons. The predicted molar refractivity (Wildman–Crippen MR) is 271 cm³/mol. The largest absolute Gasteiger partial charge is 0.633 e. The van der Waals surface area contributed by atoms with Crippen molar-refractivity contribution in [3.8, 4) is 0 Å². The summed E-state index contributed by atoms with van der Waals surface area (Å²) >= 11 is 0. The molecule has 0 fully saturated rings. The Morgan fingerprint density at radius 3 is 0.390 bits per heavy atom. The van der Waals surface area contributed by atoms with Gasteiger partial charge in [0.1, 0.15) is 0 Å². The van der Waals surface area contributed by atoms with Crippen LogP contribution in [-0.2, 0) is 0 Å². The quantitative estimate of drug-likeness (QED) is 0.0340. The maximum Gasteiger partial charge on any atom is 0.0783 e. The zero-order valence-electron chi connectivity index (χ0n) is 42.0. The molecule has 2 nitrogen and oxygen atoms in total. The van der Waals surface area contributed by atoms with Crippen LogP contribution in [0.5, 0.6) is 0 Å². The van der Waals surface area contributed by atoms with Crippen LogP contribution in [0.2, 0.25) is 0 Å². The molecular weight excluding hydrogens is 715 g/mol. The first kappa shape index (κ1) is 58.9. The van der Waals surface area contributed by atoms with Crippen molar-refractivity contribution in [3.05, 3.63) is 5.21 Å². The number of hydrogen-bond donors (Lipinski definition) is 0. The lowest BCUT2D eigenvalue weighted by molar-refractivity contribution is -0.881. The lowest BCUT2D eigenvalue weighted by Crippen LogP contribution is -2.44. The number of nitrogens with zero attached hydrogens (tertiary/aromatic N) is 1. The maximum atomic E-state index is 14.1. The van der Waals surface area contributed by atoms with Crippen molar-refractivity contribution in [3.63, 3.8) is 0 Å².